The van der Waals surface area contributed by atoms with Gasteiger partial charge in [-0.1, -0.05) is 25.4 Å². The average molecular weight is 213 g/mol. The number of nitrogens with two attached hydrogens (primary N) is 1. The van der Waals surface area contributed by atoms with Crippen molar-refractivity contribution in [1.82, 2.24) is 4.98 Å². The summed E-state index contributed by atoms with van der Waals surface area (Å²) in [5.41, 5.74) is 7.03. The van der Waals surface area contributed by atoms with Crippen LogP contribution >= 0.6 is 11.6 Å². The van der Waals surface area contributed by atoms with Gasteiger partial charge in [-0.05, 0) is 30.4 Å². The van der Waals surface area contributed by atoms with E-state index in [1.807, 2.05) is 6.07 Å². The van der Waals surface area contributed by atoms with E-state index in [0.29, 0.717) is 10.9 Å². The van der Waals surface area contributed by atoms with Gasteiger partial charge in [0.1, 0.15) is 0 Å². The molecule has 0 saturated carbocycles. The molecule has 1 rings (SSSR count). The predicted octanol–water partition coefficient (Wildman–Crippen LogP) is 3.17. The second-order valence-electron chi connectivity index (χ2n) is 3.97. The lowest BCUT2D eigenvalue weighted by atomic mass is 9.99. The third kappa shape index (κ3) is 3.28. The van der Waals surface area contributed by atoms with Crippen molar-refractivity contribution < 1.29 is 0 Å². The van der Waals surface area contributed by atoms with Gasteiger partial charge in [0.05, 0.1) is 5.02 Å². The monoisotopic (exact) mass is 212 g/mol. The number of rotatable bonds is 4. The summed E-state index contributed by atoms with van der Waals surface area (Å²) in [7, 11) is 0. The maximum Gasteiger partial charge on any atom is 0.0637 e. The fourth-order valence-corrected chi connectivity index (χ4v) is 1.61. The highest BCUT2D eigenvalue weighted by atomic mass is 35.5. The molecule has 2 N–H and O–H groups in total. The summed E-state index contributed by atoms with van der Waals surface area (Å²) in [4.78, 5) is 3.94. The van der Waals surface area contributed by atoms with E-state index in [1.165, 1.54) is 0 Å². The van der Waals surface area contributed by atoms with E-state index in [9.17, 15) is 0 Å². The number of halogens is 1. The molecule has 1 atom stereocenters. The molecular formula is C11H17ClN2. The van der Waals surface area contributed by atoms with Gasteiger partial charge >= 0.3 is 0 Å². The lowest BCUT2D eigenvalue weighted by Crippen LogP contribution is -2.11. The molecule has 2 nitrogen and oxygen atoms in total. The summed E-state index contributed by atoms with van der Waals surface area (Å²) < 4.78 is 0. The van der Waals surface area contributed by atoms with Gasteiger partial charge in [-0.15, -0.1) is 0 Å². The summed E-state index contributed by atoms with van der Waals surface area (Å²) in [6.07, 6.45) is 5.48. The largest absolute Gasteiger partial charge is 0.324 e. The third-order valence-electron chi connectivity index (χ3n) is 2.26. The van der Waals surface area contributed by atoms with Crippen LogP contribution in [0.4, 0.5) is 0 Å². The van der Waals surface area contributed by atoms with Gasteiger partial charge in [-0.3, -0.25) is 4.98 Å². The Morgan fingerprint density at radius 2 is 2.14 bits per heavy atom. The van der Waals surface area contributed by atoms with Gasteiger partial charge in [-0.2, -0.15) is 0 Å². The molecule has 0 bridgehead atoms. The first-order valence-electron chi connectivity index (χ1n) is 4.96. The summed E-state index contributed by atoms with van der Waals surface area (Å²) in [5, 5.41) is 0.670. The lowest BCUT2D eigenvalue weighted by molar-refractivity contribution is 0.507. The van der Waals surface area contributed by atoms with Crippen LogP contribution in [0.25, 0.3) is 0 Å². The molecule has 0 radical (unpaired) electrons. The summed E-state index contributed by atoms with van der Waals surface area (Å²) >= 11 is 5.99. The molecule has 0 saturated heterocycles. The van der Waals surface area contributed by atoms with E-state index in [0.717, 1.165) is 18.4 Å². The zero-order valence-electron chi connectivity index (χ0n) is 8.70. The molecule has 0 aliphatic rings. The molecular weight excluding hydrogens is 196 g/mol. The highest BCUT2D eigenvalue weighted by molar-refractivity contribution is 6.31. The van der Waals surface area contributed by atoms with Gasteiger partial charge in [0.15, 0.2) is 0 Å². The molecule has 1 aromatic rings. The standard InChI is InChI=1S/C11H17ClN2/c1-8(2)3-4-11(13)9-5-6-14-7-10(9)12/h5-8,11H,3-4,13H2,1-2H3/t11-/m1/s1. The van der Waals surface area contributed by atoms with Crippen molar-refractivity contribution >= 4 is 11.6 Å². The lowest BCUT2D eigenvalue weighted by Gasteiger charge is -2.14. The van der Waals surface area contributed by atoms with Gasteiger partial charge < -0.3 is 5.73 Å². The Bertz CT molecular complexity index is 286. The first kappa shape index (κ1) is 11.5. The van der Waals surface area contributed by atoms with Crippen molar-refractivity contribution in [1.29, 1.82) is 0 Å². The van der Waals surface area contributed by atoms with E-state index in [4.69, 9.17) is 17.3 Å². The second-order valence-corrected chi connectivity index (χ2v) is 4.38. The van der Waals surface area contributed by atoms with Crippen LogP contribution in [0.3, 0.4) is 0 Å². The number of aromatic nitrogens is 1. The van der Waals surface area contributed by atoms with Gasteiger partial charge in [0.25, 0.3) is 0 Å². The van der Waals surface area contributed by atoms with Crippen LogP contribution in [0, 0.1) is 5.92 Å². The van der Waals surface area contributed by atoms with E-state index < -0.39 is 0 Å². The maximum absolute atomic E-state index is 6.03. The Hall–Kier alpha value is -0.600. The molecule has 14 heavy (non-hydrogen) atoms. The van der Waals surface area contributed by atoms with Crippen molar-refractivity contribution in [3.63, 3.8) is 0 Å². The normalized spacial score (nSPS) is 13.2. The zero-order chi connectivity index (χ0) is 10.6. The van der Waals surface area contributed by atoms with Crippen molar-refractivity contribution in [2.75, 3.05) is 0 Å². The topological polar surface area (TPSA) is 38.9 Å². The fraction of sp³-hybridized carbons (Fsp3) is 0.545. The van der Waals surface area contributed by atoms with Crippen LogP contribution < -0.4 is 5.73 Å². The molecule has 1 aromatic heterocycles. The second kappa shape index (κ2) is 5.32. The molecule has 0 unspecified atom stereocenters. The smallest absolute Gasteiger partial charge is 0.0637 e. The Balaban J connectivity index is 2.60. The summed E-state index contributed by atoms with van der Waals surface area (Å²) in [6.45, 7) is 4.39. The van der Waals surface area contributed by atoms with Gasteiger partial charge in [0, 0.05) is 18.4 Å². The first-order chi connectivity index (χ1) is 6.61. The Morgan fingerprint density at radius 1 is 1.43 bits per heavy atom. The van der Waals surface area contributed by atoms with Crippen molar-refractivity contribution in [2.24, 2.45) is 11.7 Å². The van der Waals surface area contributed by atoms with E-state index in [1.54, 1.807) is 12.4 Å². The number of nitrogens with zero attached hydrogens (tertiary/aromatic N) is 1. The Labute approximate surface area is 90.5 Å². The minimum atomic E-state index is 0.0351. The van der Waals surface area contributed by atoms with E-state index >= 15 is 0 Å². The van der Waals surface area contributed by atoms with Gasteiger partial charge in [0.2, 0.25) is 0 Å². The SMILES string of the molecule is CC(C)CC[C@@H](N)c1ccncc1Cl. The minimum Gasteiger partial charge on any atom is -0.324 e. The first-order valence-corrected chi connectivity index (χ1v) is 5.34. The number of hydrogen-bond acceptors (Lipinski definition) is 2. The summed E-state index contributed by atoms with van der Waals surface area (Å²) in [6, 6.07) is 1.93. The Kier molecular flexibility index (Phi) is 4.36. The predicted molar refractivity (Wildman–Crippen MR) is 60.2 cm³/mol. The third-order valence-corrected chi connectivity index (χ3v) is 2.57. The van der Waals surface area contributed by atoms with Crippen LogP contribution in [0.1, 0.15) is 38.3 Å². The zero-order valence-corrected chi connectivity index (χ0v) is 9.46. The highest BCUT2D eigenvalue weighted by Crippen LogP contribution is 2.24. The molecule has 1 heterocycles. The van der Waals surface area contributed by atoms with Crippen LogP contribution in [0.2, 0.25) is 5.02 Å². The number of hydrogen-bond donors (Lipinski definition) is 1. The fourth-order valence-electron chi connectivity index (χ4n) is 1.36. The van der Waals surface area contributed by atoms with E-state index in [-0.39, 0.29) is 6.04 Å². The molecule has 0 fully saturated rings. The molecule has 0 spiro atoms. The van der Waals surface area contributed by atoms with Crippen molar-refractivity contribution in [3.05, 3.63) is 29.0 Å². The number of pyridine rings is 1. The molecule has 0 aromatic carbocycles. The molecule has 3 heteroatoms. The molecule has 0 aliphatic carbocycles. The van der Waals surface area contributed by atoms with E-state index in [2.05, 4.69) is 18.8 Å². The summed E-state index contributed by atoms with van der Waals surface area (Å²) in [5.74, 6) is 0.682. The van der Waals surface area contributed by atoms with Crippen LogP contribution in [-0.2, 0) is 0 Å². The quantitative estimate of drug-likeness (QED) is 0.833. The molecule has 0 aliphatic heterocycles. The minimum absolute atomic E-state index is 0.0351. The average Bonchev–Trinajstić information content (AvgIpc) is 2.15. The van der Waals surface area contributed by atoms with Gasteiger partial charge in [-0.25, -0.2) is 0 Å². The maximum atomic E-state index is 6.03. The molecule has 0 amide bonds. The van der Waals surface area contributed by atoms with Crippen LogP contribution in [0.5, 0.6) is 0 Å². The van der Waals surface area contributed by atoms with Crippen molar-refractivity contribution in [2.45, 2.75) is 32.7 Å². The van der Waals surface area contributed by atoms with Crippen molar-refractivity contribution in [3.8, 4) is 0 Å². The van der Waals surface area contributed by atoms with Crippen LogP contribution in [0.15, 0.2) is 18.5 Å². The highest BCUT2D eigenvalue weighted by Gasteiger charge is 2.10. The van der Waals surface area contributed by atoms with Crippen LogP contribution in [-0.4, -0.2) is 4.98 Å². The molecule has 78 valence electrons. The Morgan fingerprint density at radius 3 is 2.71 bits per heavy atom.